The number of nitrogens with zero attached hydrogens (tertiary/aromatic N) is 2. The van der Waals surface area contributed by atoms with Gasteiger partial charge in [-0.3, -0.25) is 19.3 Å². The number of halogens is 2. The number of carbonyl (C=O) groups excluding carboxylic acids is 3. The van der Waals surface area contributed by atoms with E-state index in [1.807, 2.05) is 30.3 Å². The molecule has 1 aliphatic carbocycles. The van der Waals surface area contributed by atoms with Crippen LogP contribution in [0.15, 0.2) is 42.5 Å². The van der Waals surface area contributed by atoms with E-state index in [1.54, 1.807) is 4.90 Å². The number of amides is 3. The second-order valence-electron chi connectivity index (χ2n) is 9.31. The van der Waals surface area contributed by atoms with Crippen molar-refractivity contribution in [3.63, 3.8) is 0 Å². The summed E-state index contributed by atoms with van der Waals surface area (Å²) in [5.41, 5.74) is 3.28. The predicted octanol–water partition coefficient (Wildman–Crippen LogP) is 2.36. The molecule has 9 nitrogen and oxygen atoms in total. The van der Waals surface area contributed by atoms with Crippen LogP contribution < -0.4 is 20.6 Å². The molecule has 0 spiro atoms. The molecular weight excluding hydrogens is 474 g/mol. The smallest absolute Gasteiger partial charge is 0.414 e. The van der Waals surface area contributed by atoms with Gasteiger partial charge in [-0.25, -0.2) is 19.1 Å². The summed E-state index contributed by atoms with van der Waals surface area (Å²) in [4.78, 5) is 43.7. The third kappa shape index (κ3) is 4.83. The van der Waals surface area contributed by atoms with Crippen molar-refractivity contribution in [2.45, 2.75) is 19.6 Å². The summed E-state index contributed by atoms with van der Waals surface area (Å²) in [6, 6.07) is 11.6. The molecule has 2 N–H and O–H groups in total. The summed E-state index contributed by atoms with van der Waals surface area (Å²) in [5, 5.41) is 2.55. The fourth-order valence-corrected chi connectivity index (χ4v) is 5.04. The molecule has 3 fully saturated rings. The van der Waals surface area contributed by atoms with Gasteiger partial charge in [-0.2, -0.15) is 0 Å². The number of benzene rings is 2. The Morgan fingerprint density at radius 2 is 1.75 bits per heavy atom. The Morgan fingerprint density at radius 3 is 2.39 bits per heavy atom. The molecule has 2 aliphatic heterocycles. The zero-order chi connectivity index (χ0) is 25.4. The lowest BCUT2D eigenvalue weighted by molar-refractivity contribution is -0.136. The van der Waals surface area contributed by atoms with Crippen molar-refractivity contribution >= 4 is 29.3 Å². The van der Waals surface area contributed by atoms with Crippen molar-refractivity contribution in [2.24, 2.45) is 17.8 Å². The summed E-state index contributed by atoms with van der Waals surface area (Å²) in [7, 11) is 0. The van der Waals surface area contributed by atoms with Crippen LogP contribution in [-0.4, -0.2) is 50.2 Å². The predicted molar refractivity (Wildman–Crippen MR) is 125 cm³/mol. The van der Waals surface area contributed by atoms with E-state index >= 15 is 8.78 Å². The highest BCUT2D eigenvalue weighted by Gasteiger charge is 2.60. The number of ether oxygens (including phenoxy) is 1. The van der Waals surface area contributed by atoms with Gasteiger partial charge in [-0.15, -0.1) is 0 Å². The van der Waals surface area contributed by atoms with Crippen LogP contribution in [0.3, 0.4) is 0 Å². The molecule has 2 heterocycles. The highest BCUT2D eigenvalue weighted by atomic mass is 19.1. The first-order valence-electron chi connectivity index (χ1n) is 11.7. The largest absolute Gasteiger partial charge is 0.442 e. The highest BCUT2D eigenvalue weighted by Crippen LogP contribution is 2.53. The van der Waals surface area contributed by atoms with Gasteiger partial charge in [-0.1, -0.05) is 30.3 Å². The minimum Gasteiger partial charge on any atom is -0.442 e. The van der Waals surface area contributed by atoms with Crippen LogP contribution in [0.4, 0.5) is 25.0 Å². The van der Waals surface area contributed by atoms with Crippen LogP contribution in [0.1, 0.15) is 12.5 Å². The number of hydroxylamine groups is 1. The Balaban J connectivity index is 1.16. The van der Waals surface area contributed by atoms with Gasteiger partial charge in [0.2, 0.25) is 11.8 Å². The van der Waals surface area contributed by atoms with E-state index < -0.39 is 23.8 Å². The lowest BCUT2D eigenvalue weighted by Gasteiger charge is -2.24. The van der Waals surface area contributed by atoms with Crippen LogP contribution in [0.25, 0.3) is 0 Å². The van der Waals surface area contributed by atoms with E-state index in [9.17, 15) is 14.4 Å². The molecule has 4 atom stereocenters. The number of hydrogen-bond donors (Lipinski definition) is 2. The van der Waals surface area contributed by atoms with Crippen molar-refractivity contribution in [1.82, 2.24) is 10.8 Å². The lowest BCUT2D eigenvalue weighted by atomic mass is 10.2. The number of anilines is 2. The number of carbonyl (C=O) groups is 3. The molecule has 1 unspecified atom stereocenters. The first-order valence-corrected chi connectivity index (χ1v) is 11.7. The molecule has 0 bridgehead atoms. The Morgan fingerprint density at radius 1 is 1.08 bits per heavy atom. The van der Waals surface area contributed by atoms with Gasteiger partial charge in [0.05, 0.1) is 25.4 Å². The summed E-state index contributed by atoms with van der Waals surface area (Å²) < 4.78 is 35.2. The number of rotatable bonds is 8. The quantitative estimate of drug-likeness (QED) is 0.540. The summed E-state index contributed by atoms with van der Waals surface area (Å²) in [5.74, 6) is -2.35. The monoisotopic (exact) mass is 500 g/mol. The minimum absolute atomic E-state index is 0.00750. The summed E-state index contributed by atoms with van der Waals surface area (Å²) >= 11 is 0. The van der Waals surface area contributed by atoms with Crippen molar-refractivity contribution in [2.75, 3.05) is 36.0 Å². The van der Waals surface area contributed by atoms with Gasteiger partial charge < -0.3 is 15.0 Å². The Bertz CT molecular complexity index is 1150. The Labute approximate surface area is 206 Å². The number of fused-ring (bicyclic) bond motifs is 1. The van der Waals surface area contributed by atoms with E-state index in [1.165, 1.54) is 6.92 Å². The molecule has 1 saturated carbocycles. The van der Waals surface area contributed by atoms with Crippen LogP contribution in [0.2, 0.25) is 0 Å². The highest BCUT2D eigenvalue weighted by molar-refractivity contribution is 5.90. The Hall–Kier alpha value is -3.73. The molecule has 3 aliphatic rings. The maximum absolute atomic E-state index is 15.0. The number of hydrogen-bond acceptors (Lipinski definition) is 6. The first-order chi connectivity index (χ1) is 17.3. The van der Waals surface area contributed by atoms with Crippen LogP contribution in [-0.2, 0) is 25.8 Å². The zero-order valence-corrected chi connectivity index (χ0v) is 19.6. The van der Waals surface area contributed by atoms with E-state index in [2.05, 4.69) is 10.8 Å². The molecule has 3 amide bonds. The number of cyclic esters (lactones) is 1. The molecule has 2 saturated heterocycles. The standard InChI is InChI=1S/C25H26F2N4O5/c1-14(32)28-9-17-10-31(25(34)36-17)16-7-20(26)23(21(27)8-16)30-11-18-19(12-30)22(18)24(33)29-35-13-15-5-3-2-4-6-15/h2-8,17-19,22H,9-13H2,1H3,(H,28,32)(H,29,33)/t17-,18-,19+,22?/m0/s1. The third-order valence-corrected chi connectivity index (χ3v) is 6.83. The number of piperidine rings is 1. The van der Waals surface area contributed by atoms with Gasteiger partial charge >= 0.3 is 6.09 Å². The van der Waals surface area contributed by atoms with E-state index in [4.69, 9.17) is 9.57 Å². The average molecular weight is 501 g/mol. The molecule has 0 aromatic heterocycles. The van der Waals surface area contributed by atoms with Gasteiger partial charge in [-0.05, 0) is 17.4 Å². The van der Waals surface area contributed by atoms with Crippen LogP contribution >= 0.6 is 0 Å². The van der Waals surface area contributed by atoms with Crippen molar-refractivity contribution < 1.29 is 32.7 Å². The van der Waals surface area contributed by atoms with Crippen LogP contribution in [0, 0.1) is 29.4 Å². The molecule has 5 rings (SSSR count). The number of nitrogens with one attached hydrogen (secondary N) is 2. The van der Waals surface area contributed by atoms with Crippen LogP contribution in [0.5, 0.6) is 0 Å². The lowest BCUT2D eigenvalue weighted by Crippen LogP contribution is -2.33. The van der Waals surface area contributed by atoms with Crippen molar-refractivity contribution in [3.05, 3.63) is 59.7 Å². The second-order valence-corrected chi connectivity index (χ2v) is 9.31. The molecular formula is C25H26F2N4O5. The van der Waals surface area contributed by atoms with Gasteiger partial charge in [0.15, 0.2) is 11.6 Å². The normalized spacial score (nSPS) is 24.4. The fourth-order valence-electron chi connectivity index (χ4n) is 5.04. The Kier molecular flexibility index (Phi) is 6.48. The maximum atomic E-state index is 15.0. The zero-order valence-electron chi connectivity index (χ0n) is 19.6. The topological polar surface area (TPSA) is 100 Å². The fraction of sp³-hybridized carbons (Fsp3) is 0.400. The molecule has 190 valence electrons. The van der Waals surface area contributed by atoms with E-state index in [0.717, 1.165) is 22.6 Å². The van der Waals surface area contributed by atoms with E-state index in [-0.39, 0.29) is 60.6 Å². The van der Waals surface area contributed by atoms with E-state index in [0.29, 0.717) is 13.1 Å². The molecule has 2 aromatic carbocycles. The molecule has 2 aromatic rings. The summed E-state index contributed by atoms with van der Waals surface area (Å²) in [6.07, 6.45) is -1.35. The van der Waals surface area contributed by atoms with Crippen molar-refractivity contribution in [1.29, 1.82) is 0 Å². The van der Waals surface area contributed by atoms with Gasteiger partial charge in [0.1, 0.15) is 11.8 Å². The maximum Gasteiger partial charge on any atom is 0.414 e. The SMILES string of the molecule is CC(=O)NC[C@H]1CN(c2cc(F)c(N3C[C@@H]4C(C(=O)NOCc5ccccc5)[C@@H]4C3)c(F)c2)C(=O)O1. The molecule has 11 heteroatoms. The second kappa shape index (κ2) is 9.73. The van der Waals surface area contributed by atoms with Crippen molar-refractivity contribution in [3.8, 4) is 0 Å². The van der Waals surface area contributed by atoms with Gasteiger partial charge in [0, 0.05) is 38.1 Å². The third-order valence-electron chi connectivity index (χ3n) is 6.83. The molecule has 0 radical (unpaired) electrons. The molecule has 36 heavy (non-hydrogen) atoms. The minimum atomic E-state index is -0.795. The average Bonchev–Trinajstić information content (AvgIpc) is 3.14. The van der Waals surface area contributed by atoms with Gasteiger partial charge in [0.25, 0.3) is 0 Å². The first kappa shape index (κ1) is 24.0. The summed E-state index contributed by atoms with van der Waals surface area (Å²) in [6.45, 7) is 2.47.